The first kappa shape index (κ1) is 38.4. The summed E-state index contributed by atoms with van der Waals surface area (Å²) in [5, 5.41) is 17.6. The molecule has 280 valence electrons. The van der Waals surface area contributed by atoms with Crippen molar-refractivity contribution in [2.24, 2.45) is 20.5 Å². The molecule has 0 atom stereocenters. The lowest BCUT2D eigenvalue weighted by atomic mass is 9.78. The highest BCUT2D eigenvalue weighted by Crippen LogP contribution is 2.35. The summed E-state index contributed by atoms with van der Waals surface area (Å²) < 4.78 is 12.3. The molecule has 6 rings (SSSR count). The van der Waals surface area contributed by atoms with Gasteiger partial charge in [0, 0.05) is 43.0 Å². The predicted octanol–water partition coefficient (Wildman–Crippen LogP) is 14.1. The fourth-order valence-electron chi connectivity index (χ4n) is 6.35. The molecule has 0 aliphatic carbocycles. The molecule has 0 saturated carbocycles. The lowest BCUT2D eigenvalue weighted by Crippen LogP contribution is -2.21. The van der Waals surface area contributed by atoms with Crippen molar-refractivity contribution in [3.05, 3.63) is 157 Å². The number of nitrogens with zero attached hydrogens (tertiary/aromatic N) is 6. The number of azo groups is 2. The molecule has 0 bridgehead atoms. The molecule has 0 unspecified atom stereocenters. The first-order valence-corrected chi connectivity index (χ1v) is 19.1. The lowest BCUT2D eigenvalue weighted by molar-refractivity contribution is 0.481. The Balaban J connectivity index is 1.00. The monoisotopic (exact) mass is 730 g/mol. The molecule has 0 amide bonds. The molecular formula is C47H50N6O2. The van der Waals surface area contributed by atoms with Crippen molar-refractivity contribution in [2.75, 3.05) is 36.0 Å². The third-order valence-corrected chi connectivity index (χ3v) is 9.82. The highest BCUT2D eigenvalue weighted by Gasteiger charge is 2.23. The average Bonchev–Trinajstić information content (AvgIpc) is 3.22. The van der Waals surface area contributed by atoms with E-state index in [2.05, 4.69) is 120 Å². The van der Waals surface area contributed by atoms with Gasteiger partial charge in [-0.05, 0) is 160 Å². The summed E-state index contributed by atoms with van der Waals surface area (Å²) in [4.78, 5) is 4.60. The minimum Gasteiger partial charge on any atom is -0.457 e. The van der Waals surface area contributed by atoms with Crippen molar-refractivity contribution in [1.29, 1.82) is 0 Å². The van der Waals surface area contributed by atoms with Gasteiger partial charge in [-0.3, -0.25) is 0 Å². The van der Waals surface area contributed by atoms with Crippen LogP contribution < -0.4 is 19.3 Å². The second kappa shape index (κ2) is 18.2. The summed E-state index contributed by atoms with van der Waals surface area (Å²) >= 11 is 0. The fraction of sp³-hybridized carbons (Fsp3) is 0.234. The Labute approximate surface area is 325 Å². The molecule has 0 aliphatic heterocycles. The molecule has 6 aromatic rings. The van der Waals surface area contributed by atoms with Crippen molar-refractivity contribution in [3.63, 3.8) is 0 Å². The second-order valence-electron chi connectivity index (χ2n) is 13.6. The SMILES string of the molecule is CCN(CC)c1ccc(N=Nc2ccc(Oc3ccc(C(C)(C)c4ccc(Oc5ccc(N=Nc6ccc(N(CC)CC)cc6)cc5)cc4)cc3)cc2)cc1. The largest absolute Gasteiger partial charge is 0.457 e. The summed E-state index contributed by atoms with van der Waals surface area (Å²) in [7, 11) is 0. The van der Waals surface area contributed by atoms with E-state index in [1.54, 1.807) is 0 Å². The van der Waals surface area contributed by atoms with Gasteiger partial charge in [-0.1, -0.05) is 38.1 Å². The quantitative estimate of drug-likeness (QED) is 0.0929. The molecule has 0 radical (unpaired) electrons. The zero-order valence-corrected chi connectivity index (χ0v) is 32.7. The van der Waals surface area contributed by atoms with Crippen LogP contribution >= 0.6 is 0 Å². The van der Waals surface area contributed by atoms with Crippen molar-refractivity contribution in [3.8, 4) is 23.0 Å². The third kappa shape index (κ3) is 10.0. The summed E-state index contributed by atoms with van der Waals surface area (Å²) in [5.41, 5.74) is 7.67. The molecular weight excluding hydrogens is 681 g/mol. The van der Waals surface area contributed by atoms with Crippen molar-refractivity contribution in [1.82, 2.24) is 0 Å². The van der Waals surface area contributed by atoms with E-state index >= 15 is 0 Å². The molecule has 0 fully saturated rings. The van der Waals surface area contributed by atoms with E-state index in [1.165, 1.54) is 22.5 Å². The van der Waals surface area contributed by atoms with Gasteiger partial charge in [-0.25, -0.2) is 0 Å². The van der Waals surface area contributed by atoms with Crippen LogP contribution in [-0.2, 0) is 5.41 Å². The number of ether oxygens (including phenoxy) is 2. The van der Waals surface area contributed by atoms with Gasteiger partial charge >= 0.3 is 0 Å². The first-order valence-electron chi connectivity index (χ1n) is 19.1. The van der Waals surface area contributed by atoms with E-state index in [0.717, 1.165) is 71.9 Å². The van der Waals surface area contributed by atoms with Gasteiger partial charge in [0.25, 0.3) is 0 Å². The highest BCUT2D eigenvalue weighted by molar-refractivity contribution is 5.54. The minimum absolute atomic E-state index is 0.228. The van der Waals surface area contributed by atoms with Crippen molar-refractivity contribution in [2.45, 2.75) is 47.0 Å². The minimum atomic E-state index is -0.228. The van der Waals surface area contributed by atoms with E-state index < -0.39 is 0 Å². The summed E-state index contributed by atoms with van der Waals surface area (Å²) in [6, 6.07) is 48.1. The van der Waals surface area contributed by atoms with Crippen LogP contribution in [0.25, 0.3) is 0 Å². The fourth-order valence-corrected chi connectivity index (χ4v) is 6.35. The van der Waals surface area contributed by atoms with Gasteiger partial charge in [-0.2, -0.15) is 20.5 Å². The Kier molecular flexibility index (Phi) is 12.7. The molecule has 0 aliphatic rings. The Morgan fingerprint density at radius 1 is 0.364 bits per heavy atom. The van der Waals surface area contributed by atoms with E-state index in [-0.39, 0.29) is 5.41 Å². The molecule has 8 heteroatoms. The number of benzene rings is 6. The molecule has 0 aromatic heterocycles. The third-order valence-electron chi connectivity index (χ3n) is 9.82. The van der Waals surface area contributed by atoms with Gasteiger partial charge in [0.05, 0.1) is 22.7 Å². The van der Waals surface area contributed by atoms with Crippen LogP contribution in [-0.4, -0.2) is 26.2 Å². The Morgan fingerprint density at radius 3 is 0.855 bits per heavy atom. The van der Waals surface area contributed by atoms with Gasteiger partial charge in [-0.15, -0.1) is 0 Å². The molecule has 0 N–H and O–H groups in total. The second-order valence-corrected chi connectivity index (χ2v) is 13.6. The lowest BCUT2D eigenvalue weighted by Gasteiger charge is -2.26. The van der Waals surface area contributed by atoms with Crippen LogP contribution in [0.2, 0.25) is 0 Å². The van der Waals surface area contributed by atoms with Crippen molar-refractivity contribution >= 4 is 34.1 Å². The Bertz CT molecular complexity index is 1980. The maximum absolute atomic E-state index is 6.15. The molecule has 6 aromatic carbocycles. The van der Waals surface area contributed by atoms with Crippen LogP contribution in [0.5, 0.6) is 23.0 Å². The Hall–Kier alpha value is -6.28. The zero-order chi connectivity index (χ0) is 38.6. The summed E-state index contributed by atoms with van der Waals surface area (Å²) in [5.74, 6) is 3.01. The van der Waals surface area contributed by atoms with Crippen LogP contribution in [0, 0.1) is 0 Å². The maximum atomic E-state index is 6.15. The Morgan fingerprint density at radius 2 is 0.600 bits per heavy atom. The summed E-state index contributed by atoms with van der Waals surface area (Å²) in [6.07, 6.45) is 0. The van der Waals surface area contributed by atoms with E-state index in [4.69, 9.17) is 9.47 Å². The van der Waals surface area contributed by atoms with E-state index in [1.807, 2.05) is 97.1 Å². The van der Waals surface area contributed by atoms with Crippen molar-refractivity contribution < 1.29 is 9.47 Å². The van der Waals surface area contributed by atoms with Gasteiger partial charge in [0.2, 0.25) is 0 Å². The average molecular weight is 731 g/mol. The smallest absolute Gasteiger partial charge is 0.127 e. The maximum Gasteiger partial charge on any atom is 0.127 e. The van der Waals surface area contributed by atoms with Gasteiger partial charge in [0.15, 0.2) is 0 Å². The van der Waals surface area contributed by atoms with E-state index in [9.17, 15) is 0 Å². The van der Waals surface area contributed by atoms with Crippen LogP contribution in [0.4, 0.5) is 34.1 Å². The molecule has 0 heterocycles. The predicted molar refractivity (Wildman–Crippen MR) is 226 cm³/mol. The number of anilines is 2. The van der Waals surface area contributed by atoms with Gasteiger partial charge in [0.1, 0.15) is 23.0 Å². The normalized spacial score (nSPS) is 11.6. The molecule has 8 nitrogen and oxygen atoms in total. The highest BCUT2D eigenvalue weighted by atomic mass is 16.5. The standard InChI is InChI=1S/C47H50N6O2/c1-7-52(8-2)41-23-15-37(16-24-41)48-50-39-19-31-45(32-20-39)54-43-27-11-35(12-28-43)47(5,6)36-13-29-44(30-14-36)55-46-33-21-40(22-34-46)51-49-38-17-25-42(26-18-38)53(9-3)10-4/h11-34H,7-10H2,1-6H3. The molecule has 0 saturated heterocycles. The van der Waals surface area contributed by atoms with E-state index in [0.29, 0.717) is 0 Å². The summed E-state index contributed by atoms with van der Waals surface area (Å²) in [6.45, 7) is 17.0. The van der Waals surface area contributed by atoms with Crippen LogP contribution in [0.3, 0.4) is 0 Å². The van der Waals surface area contributed by atoms with Gasteiger partial charge < -0.3 is 19.3 Å². The first-order chi connectivity index (χ1) is 26.8. The number of hydrogen-bond acceptors (Lipinski definition) is 8. The topological polar surface area (TPSA) is 74.4 Å². The molecule has 0 spiro atoms. The molecule has 55 heavy (non-hydrogen) atoms. The van der Waals surface area contributed by atoms with Crippen LogP contribution in [0.1, 0.15) is 52.7 Å². The number of rotatable bonds is 16. The van der Waals surface area contributed by atoms with Crippen LogP contribution in [0.15, 0.2) is 166 Å². The number of hydrogen-bond donors (Lipinski definition) is 0. The zero-order valence-electron chi connectivity index (χ0n) is 32.7.